The second-order valence-electron chi connectivity index (χ2n) is 5.70. The van der Waals surface area contributed by atoms with Gasteiger partial charge in [0.2, 0.25) is 0 Å². The van der Waals surface area contributed by atoms with Gasteiger partial charge in [-0.15, -0.1) is 0 Å². The summed E-state index contributed by atoms with van der Waals surface area (Å²) in [6.07, 6.45) is 1.66. The fourth-order valence-corrected chi connectivity index (χ4v) is 2.41. The Bertz CT molecular complexity index is 616. The van der Waals surface area contributed by atoms with Crippen LogP contribution in [0.15, 0.2) is 28.2 Å². The van der Waals surface area contributed by atoms with Crippen LogP contribution in [-0.4, -0.2) is 34.3 Å². The van der Waals surface area contributed by atoms with Gasteiger partial charge in [-0.2, -0.15) is 0 Å². The average molecular weight is 289 g/mol. The van der Waals surface area contributed by atoms with Crippen molar-refractivity contribution in [3.8, 4) is 11.8 Å². The third-order valence-corrected chi connectivity index (χ3v) is 3.64. The van der Waals surface area contributed by atoms with Crippen molar-refractivity contribution in [2.75, 3.05) is 13.1 Å². The minimum atomic E-state index is -0.875. The minimum Gasteiger partial charge on any atom is -0.465 e. The summed E-state index contributed by atoms with van der Waals surface area (Å²) in [7, 11) is 0. The SMILES string of the molecule is CC1(C)CN(C(=O)O)CC/C1=C\C#Cc1ccc(CO)o1. The van der Waals surface area contributed by atoms with Crippen molar-refractivity contribution in [3.05, 3.63) is 35.3 Å². The van der Waals surface area contributed by atoms with Gasteiger partial charge in [0.05, 0.1) is 0 Å². The lowest BCUT2D eigenvalue weighted by Crippen LogP contribution is -2.44. The highest BCUT2D eigenvalue weighted by Crippen LogP contribution is 2.34. The lowest BCUT2D eigenvalue weighted by atomic mass is 9.79. The molecule has 1 amide bonds. The van der Waals surface area contributed by atoms with Crippen LogP contribution in [0.5, 0.6) is 0 Å². The number of hydrogen-bond acceptors (Lipinski definition) is 3. The van der Waals surface area contributed by atoms with Crippen LogP contribution < -0.4 is 0 Å². The minimum absolute atomic E-state index is 0.138. The Morgan fingerprint density at radius 3 is 2.86 bits per heavy atom. The zero-order valence-corrected chi connectivity index (χ0v) is 12.2. The average Bonchev–Trinajstić information content (AvgIpc) is 2.87. The molecule has 1 fully saturated rings. The number of aliphatic hydroxyl groups is 1. The van der Waals surface area contributed by atoms with Gasteiger partial charge in [-0.1, -0.05) is 25.3 Å². The van der Waals surface area contributed by atoms with E-state index in [1.54, 1.807) is 12.1 Å². The van der Waals surface area contributed by atoms with E-state index in [0.29, 0.717) is 31.0 Å². The van der Waals surface area contributed by atoms with Crippen molar-refractivity contribution in [3.63, 3.8) is 0 Å². The van der Waals surface area contributed by atoms with Crippen LogP contribution in [0.2, 0.25) is 0 Å². The number of allylic oxidation sites excluding steroid dienone is 1. The zero-order valence-electron chi connectivity index (χ0n) is 12.2. The first-order chi connectivity index (χ1) is 9.92. The van der Waals surface area contributed by atoms with Crippen LogP contribution >= 0.6 is 0 Å². The number of furan rings is 1. The van der Waals surface area contributed by atoms with E-state index >= 15 is 0 Å². The van der Waals surface area contributed by atoms with Crippen molar-refractivity contribution in [2.45, 2.75) is 26.9 Å². The molecule has 0 saturated carbocycles. The standard InChI is InChI=1S/C16H19NO4/c1-16(2)11-17(15(19)20)9-8-12(16)4-3-5-13-6-7-14(10-18)21-13/h4,6-7,18H,8-11H2,1-2H3,(H,19,20)/b12-4+. The summed E-state index contributed by atoms with van der Waals surface area (Å²) in [5.74, 6) is 6.84. The van der Waals surface area contributed by atoms with Gasteiger partial charge in [-0.25, -0.2) is 4.79 Å². The van der Waals surface area contributed by atoms with E-state index in [1.165, 1.54) is 4.90 Å². The summed E-state index contributed by atoms with van der Waals surface area (Å²) in [5.41, 5.74) is 0.923. The van der Waals surface area contributed by atoms with Gasteiger partial charge in [-0.05, 0) is 30.6 Å². The first-order valence-electron chi connectivity index (χ1n) is 6.81. The first-order valence-corrected chi connectivity index (χ1v) is 6.81. The number of nitrogens with zero attached hydrogens (tertiary/aromatic N) is 1. The molecular weight excluding hydrogens is 270 g/mol. The molecule has 0 aromatic carbocycles. The van der Waals surface area contributed by atoms with E-state index in [0.717, 1.165) is 5.57 Å². The molecular formula is C16H19NO4. The number of rotatable bonds is 1. The highest BCUT2D eigenvalue weighted by atomic mass is 16.4. The van der Waals surface area contributed by atoms with Crippen LogP contribution in [0, 0.1) is 17.3 Å². The van der Waals surface area contributed by atoms with Crippen LogP contribution in [0.25, 0.3) is 0 Å². The predicted molar refractivity (Wildman–Crippen MR) is 77.6 cm³/mol. The Kier molecular flexibility index (Phi) is 4.39. The Morgan fingerprint density at radius 1 is 1.52 bits per heavy atom. The maximum Gasteiger partial charge on any atom is 0.407 e. The van der Waals surface area contributed by atoms with Gasteiger partial charge in [-0.3, -0.25) is 0 Å². The summed E-state index contributed by atoms with van der Waals surface area (Å²) in [6.45, 7) is 4.88. The molecule has 5 heteroatoms. The summed E-state index contributed by atoms with van der Waals surface area (Å²) in [4.78, 5) is 12.5. The maximum atomic E-state index is 11.0. The Hall–Kier alpha value is -2.19. The van der Waals surface area contributed by atoms with Crippen LogP contribution in [-0.2, 0) is 6.61 Å². The normalized spacial score (nSPS) is 19.2. The molecule has 5 nitrogen and oxygen atoms in total. The lowest BCUT2D eigenvalue weighted by molar-refractivity contribution is 0.117. The lowest BCUT2D eigenvalue weighted by Gasteiger charge is -2.38. The van der Waals surface area contributed by atoms with Gasteiger partial charge in [0.1, 0.15) is 12.4 Å². The highest BCUT2D eigenvalue weighted by molar-refractivity contribution is 5.65. The summed E-state index contributed by atoms with van der Waals surface area (Å²) >= 11 is 0. The maximum absolute atomic E-state index is 11.0. The number of piperidine rings is 1. The molecule has 0 aliphatic carbocycles. The quantitative estimate of drug-likeness (QED) is 0.779. The van der Waals surface area contributed by atoms with Crippen molar-refractivity contribution >= 4 is 6.09 Å². The number of carboxylic acid groups (broad SMARTS) is 1. The molecule has 1 aliphatic rings. The molecule has 0 unspecified atom stereocenters. The van der Waals surface area contributed by atoms with Crippen molar-refractivity contribution < 1.29 is 19.4 Å². The van der Waals surface area contributed by atoms with E-state index in [1.807, 2.05) is 19.9 Å². The third-order valence-electron chi connectivity index (χ3n) is 3.64. The van der Waals surface area contributed by atoms with E-state index in [2.05, 4.69) is 11.8 Å². The summed E-state index contributed by atoms with van der Waals surface area (Å²) in [6, 6.07) is 3.40. The van der Waals surface area contributed by atoms with Crippen LogP contribution in [0.4, 0.5) is 4.79 Å². The number of hydrogen-bond donors (Lipinski definition) is 2. The molecule has 1 aromatic heterocycles. The Labute approximate surface area is 123 Å². The molecule has 0 spiro atoms. The van der Waals surface area contributed by atoms with Gasteiger partial charge in [0.25, 0.3) is 0 Å². The van der Waals surface area contributed by atoms with Gasteiger partial charge in [0, 0.05) is 18.5 Å². The topological polar surface area (TPSA) is 73.9 Å². The fourth-order valence-electron chi connectivity index (χ4n) is 2.41. The van der Waals surface area contributed by atoms with Gasteiger partial charge < -0.3 is 19.5 Å². The third kappa shape index (κ3) is 3.67. The van der Waals surface area contributed by atoms with E-state index in [9.17, 15) is 4.79 Å². The molecule has 112 valence electrons. The van der Waals surface area contributed by atoms with E-state index in [-0.39, 0.29) is 12.0 Å². The molecule has 0 bridgehead atoms. The number of amides is 1. The van der Waals surface area contributed by atoms with E-state index in [4.69, 9.17) is 14.6 Å². The molecule has 2 N–H and O–H groups in total. The van der Waals surface area contributed by atoms with Gasteiger partial charge in [0.15, 0.2) is 5.76 Å². The Morgan fingerprint density at radius 2 is 2.29 bits per heavy atom. The van der Waals surface area contributed by atoms with Crippen LogP contribution in [0.3, 0.4) is 0 Å². The zero-order chi connectivity index (χ0) is 15.5. The van der Waals surface area contributed by atoms with Crippen molar-refractivity contribution in [1.29, 1.82) is 0 Å². The smallest absolute Gasteiger partial charge is 0.407 e. The molecule has 0 radical (unpaired) electrons. The summed E-state index contributed by atoms with van der Waals surface area (Å²) < 4.78 is 5.28. The molecule has 1 aliphatic heterocycles. The number of carbonyl (C=O) groups is 1. The van der Waals surface area contributed by atoms with E-state index < -0.39 is 6.09 Å². The molecule has 2 heterocycles. The van der Waals surface area contributed by atoms with Crippen LogP contribution in [0.1, 0.15) is 31.8 Å². The second kappa shape index (κ2) is 6.06. The summed E-state index contributed by atoms with van der Waals surface area (Å²) in [5, 5.41) is 18.0. The fraction of sp³-hybridized carbons (Fsp3) is 0.438. The Balaban J connectivity index is 2.10. The van der Waals surface area contributed by atoms with Gasteiger partial charge >= 0.3 is 6.09 Å². The molecule has 21 heavy (non-hydrogen) atoms. The molecule has 1 saturated heterocycles. The number of aliphatic hydroxyl groups excluding tert-OH is 1. The second-order valence-corrected chi connectivity index (χ2v) is 5.70. The molecule has 2 rings (SSSR count). The molecule has 0 atom stereocenters. The van der Waals surface area contributed by atoms with Crippen molar-refractivity contribution in [1.82, 2.24) is 4.90 Å². The molecule has 1 aromatic rings. The number of likely N-dealkylation sites (tertiary alicyclic amines) is 1. The monoisotopic (exact) mass is 289 g/mol. The first kappa shape index (κ1) is 15.2. The highest BCUT2D eigenvalue weighted by Gasteiger charge is 2.32. The predicted octanol–water partition coefficient (Wildman–Crippen LogP) is 2.46. The largest absolute Gasteiger partial charge is 0.465 e. The van der Waals surface area contributed by atoms with Crippen molar-refractivity contribution in [2.24, 2.45) is 5.41 Å².